The number of nitrogens with zero attached hydrogens (tertiary/aromatic N) is 1. The molecule has 0 heterocycles. The average Bonchev–Trinajstić information content (AvgIpc) is 2.49. The van der Waals surface area contributed by atoms with Crippen LogP contribution in [-0.2, 0) is 16.1 Å². The van der Waals surface area contributed by atoms with Crippen LogP contribution in [0, 0.1) is 10.1 Å². The van der Waals surface area contributed by atoms with Gasteiger partial charge in [-0.1, -0.05) is 13.0 Å². The van der Waals surface area contributed by atoms with Gasteiger partial charge in [-0.05, 0) is 24.6 Å². The zero-order valence-electron chi connectivity index (χ0n) is 12.3. The van der Waals surface area contributed by atoms with Gasteiger partial charge in [-0.15, -0.1) is 0 Å². The largest absolute Gasteiger partial charge is 0.487 e. The molecule has 1 N–H and O–H groups in total. The molecule has 7 heteroatoms. The maximum absolute atomic E-state index is 11.0. The summed E-state index contributed by atoms with van der Waals surface area (Å²) in [5, 5.41) is 14.1. The van der Waals surface area contributed by atoms with E-state index in [1.807, 2.05) is 6.92 Å². The van der Waals surface area contributed by atoms with Crippen LogP contribution in [0.4, 0.5) is 5.69 Å². The number of nitro groups is 1. The lowest BCUT2D eigenvalue weighted by atomic mass is 10.2. The Balaban J connectivity index is 2.67. The van der Waals surface area contributed by atoms with E-state index in [1.54, 1.807) is 12.1 Å². The fraction of sp³-hybridized carbons (Fsp3) is 0.500. The number of benzene rings is 1. The second-order valence-corrected chi connectivity index (χ2v) is 4.37. The minimum absolute atomic E-state index is 0.0756. The van der Waals surface area contributed by atoms with Crippen molar-refractivity contribution in [3.05, 3.63) is 33.9 Å². The Morgan fingerprint density at radius 1 is 1.43 bits per heavy atom. The molecular formula is C14H20N2O5. The van der Waals surface area contributed by atoms with E-state index in [0.717, 1.165) is 12.1 Å². The van der Waals surface area contributed by atoms with E-state index in [9.17, 15) is 14.9 Å². The molecule has 0 bridgehead atoms. The number of ether oxygens (including phenoxy) is 2. The summed E-state index contributed by atoms with van der Waals surface area (Å²) < 4.78 is 9.95. The monoisotopic (exact) mass is 296 g/mol. The van der Waals surface area contributed by atoms with Gasteiger partial charge < -0.3 is 14.8 Å². The standard InChI is InChI=1S/C14H20N2O5/c1-3-15-10-11-6-7-12(16(18)19)13(9-11)21-8-4-5-14(17)20-2/h6-7,9,15H,3-5,8,10H2,1-2H3. The van der Waals surface area contributed by atoms with Gasteiger partial charge in [0.2, 0.25) is 0 Å². The highest BCUT2D eigenvalue weighted by atomic mass is 16.6. The van der Waals surface area contributed by atoms with Crippen molar-refractivity contribution in [1.29, 1.82) is 0 Å². The number of carbonyl (C=O) groups is 1. The van der Waals surface area contributed by atoms with Gasteiger partial charge in [0.05, 0.1) is 18.6 Å². The number of rotatable bonds is 9. The topological polar surface area (TPSA) is 90.7 Å². The number of carbonyl (C=O) groups excluding carboxylic acids is 1. The third kappa shape index (κ3) is 5.78. The van der Waals surface area contributed by atoms with Crippen molar-refractivity contribution < 1.29 is 19.2 Å². The van der Waals surface area contributed by atoms with E-state index in [4.69, 9.17) is 4.74 Å². The second kappa shape index (κ2) is 8.91. The molecule has 0 aliphatic rings. The van der Waals surface area contributed by atoms with Crippen LogP contribution < -0.4 is 10.1 Å². The molecule has 0 radical (unpaired) electrons. The average molecular weight is 296 g/mol. The molecule has 0 saturated heterocycles. The molecule has 0 saturated carbocycles. The van der Waals surface area contributed by atoms with Gasteiger partial charge in [-0.3, -0.25) is 14.9 Å². The first-order valence-corrected chi connectivity index (χ1v) is 6.76. The first-order chi connectivity index (χ1) is 10.1. The van der Waals surface area contributed by atoms with Crippen molar-refractivity contribution in [2.45, 2.75) is 26.3 Å². The summed E-state index contributed by atoms with van der Waals surface area (Å²) in [5.41, 5.74) is 0.832. The highest BCUT2D eigenvalue weighted by molar-refractivity contribution is 5.69. The smallest absolute Gasteiger partial charge is 0.310 e. The van der Waals surface area contributed by atoms with Crippen molar-refractivity contribution in [3.8, 4) is 5.75 Å². The van der Waals surface area contributed by atoms with Crippen LogP contribution in [0.15, 0.2) is 18.2 Å². The summed E-state index contributed by atoms with van der Waals surface area (Å²) >= 11 is 0. The van der Waals surface area contributed by atoms with Gasteiger partial charge >= 0.3 is 11.7 Å². The van der Waals surface area contributed by atoms with E-state index < -0.39 is 4.92 Å². The lowest BCUT2D eigenvalue weighted by molar-refractivity contribution is -0.385. The predicted octanol–water partition coefficient (Wildman–Crippen LogP) is 2.04. The molecule has 0 aliphatic carbocycles. The Bertz CT molecular complexity index is 490. The molecule has 1 aromatic carbocycles. The molecular weight excluding hydrogens is 276 g/mol. The van der Waals surface area contributed by atoms with E-state index in [0.29, 0.717) is 13.0 Å². The first kappa shape index (κ1) is 16.9. The zero-order chi connectivity index (χ0) is 15.7. The predicted molar refractivity (Wildman–Crippen MR) is 77.2 cm³/mol. The number of esters is 1. The number of methoxy groups -OCH3 is 1. The van der Waals surface area contributed by atoms with Crippen molar-refractivity contribution >= 4 is 11.7 Å². The van der Waals surface area contributed by atoms with E-state index >= 15 is 0 Å². The molecule has 0 fully saturated rings. The van der Waals surface area contributed by atoms with Crippen molar-refractivity contribution in [3.63, 3.8) is 0 Å². The number of hydrogen-bond acceptors (Lipinski definition) is 6. The van der Waals surface area contributed by atoms with Crippen LogP contribution in [0.5, 0.6) is 5.75 Å². The Morgan fingerprint density at radius 2 is 2.19 bits per heavy atom. The van der Waals surface area contributed by atoms with Gasteiger partial charge in [0.1, 0.15) is 0 Å². The minimum Gasteiger partial charge on any atom is -0.487 e. The summed E-state index contributed by atoms with van der Waals surface area (Å²) in [5.74, 6) is -0.103. The van der Waals surface area contributed by atoms with Crippen LogP contribution in [0.25, 0.3) is 0 Å². The third-order valence-corrected chi connectivity index (χ3v) is 2.81. The summed E-state index contributed by atoms with van der Waals surface area (Å²) in [7, 11) is 1.32. The normalized spacial score (nSPS) is 10.2. The zero-order valence-corrected chi connectivity index (χ0v) is 12.3. The van der Waals surface area contributed by atoms with Gasteiger partial charge in [-0.25, -0.2) is 0 Å². The molecule has 1 rings (SSSR count). The molecule has 0 spiro atoms. The SMILES string of the molecule is CCNCc1ccc([N+](=O)[O-])c(OCCCC(=O)OC)c1. The van der Waals surface area contributed by atoms with Crippen LogP contribution in [0.2, 0.25) is 0 Å². The van der Waals surface area contributed by atoms with E-state index in [2.05, 4.69) is 10.1 Å². The van der Waals surface area contributed by atoms with Crippen LogP contribution in [-0.4, -0.2) is 31.2 Å². The Labute approximate surface area is 123 Å². The lowest BCUT2D eigenvalue weighted by Gasteiger charge is -2.09. The number of nitrogens with one attached hydrogen (secondary N) is 1. The van der Waals surface area contributed by atoms with E-state index in [-0.39, 0.29) is 30.4 Å². The Morgan fingerprint density at radius 3 is 2.81 bits per heavy atom. The van der Waals surface area contributed by atoms with E-state index in [1.165, 1.54) is 13.2 Å². The highest BCUT2D eigenvalue weighted by Crippen LogP contribution is 2.28. The number of nitro benzene ring substituents is 1. The molecule has 0 atom stereocenters. The van der Waals surface area contributed by atoms with Crippen LogP contribution >= 0.6 is 0 Å². The fourth-order valence-corrected chi connectivity index (χ4v) is 1.70. The van der Waals surface area contributed by atoms with Gasteiger partial charge in [0, 0.05) is 19.0 Å². The first-order valence-electron chi connectivity index (χ1n) is 6.76. The molecule has 0 aromatic heterocycles. The molecule has 7 nitrogen and oxygen atoms in total. The maximum Gasteiger partial charge on any atom is 0.310 e. The Hall–Kier alpha value is -2.15. The van der Waals surface area contributed by atoms with Gasteiger partial charge in [0.15, 0.2) is 5.75 Å². The summed E-state index contributed by atoms with van der Waals surface area (Å²) in [6.45, 7) is 3.63. The molecule has 21 heavy (non-hydrogen) atoms. The summed E-state index contributed by atoms with van der Waals surface area (Å²) in [6.07, 6.45) is 0.669. The number of hydrogen-bond donors (Lipinski definition) is 1. The second-order valence-electron chi connectivity index (χ2n) is 4.37. The summed E-state index contributed by atoms with van der Waals surface area (Å²) in [6, 6.07) is 4.78. The molecule has 1 aromatic rings. The van der Waals surface area contributed by atoms with Crippen LogP contribution in [0.1, 0.15) is 25.3 Å². The molecule has 0 unspecified atom stereocenters. The lowest BCUT2D eigenvalue weighted by Crippen LogP contribution is -2.12. The molecule has 0 amide bonds. The van der Waals surface area contributed by atoms with Crippen LogP contribution in [0.3, 0.4) is 0 Å². The highest BCUT2D eigenvalue weighted by Gasteiger charge is 2.15. The maximum atomic E-state index is 11.0. The quantitative estimate of drug-likeness (QED) is 0.324. The molecule has 116 valence electrons. The van der Waals surface area contributed by atoms with Gasteiger partial charge in [-0.2, -0.15) is 0 Å². The fourth-order valence-electron chi connectivity index (χ4n) is 1.70. The third-order valence-electron chi connectivity index (χ3n) is 2.81. The van der Waals surface area contributed by atoms with Crippen molar-refractivity contribution in [2.24, 2.45) is 0 Å². The Kier molecular flexibility index (Phi) is 7.17. The molecule has 0 aliphatic heterocycles. The van der Waals surface area contributed by atoms with Crippen molar-refractivity contribution in [1.82, 2.24) is 5.32 Å². The minimum atomic E-state index is -0.479. The van der Waals surface area contributed by atoms with Gasteiger partial charge in [0.25, 0.3) is 0 Å². The summed E-state index contributed by atoms with van der Waals surface area (Å²) in [4.78, 5) is 21.5. The van der Waals surface area contributed by atoms with Crippen molar-refractivity contribution in [2.75, 3.05) is 20.3 Å².